The number of alkyl halides is 3. The van der Waals surface area contributed by atoms with E-state index in [2.05, 4.69) is 9.72 Å². The van der Waals surface area contributed by atoms with E-state index in [4.69, 9.17) is 0 Å². The maximum atomic E-state index is 13.7. The Hall–Kier alpha value is -2.91. The number of allylic oxidation sites excluding steroid dienone is 1. The predicted octanol–water partition coefficient (Wildman–Crippen LogP) is 0.689. The smallest absolute Gasteiger partial charge is 0.425 e. The molecule has 0 bridgehead atoms. The van der Waals surface area contributed by atoms with Crippen LogP contribution < -0.4 is 10.6 Å². The number of nitrogens with one attached hydrogen (secondary N) is 2. The summed E-state index contributed by atoms with van der Waals surface area (Å²) in [5.41, 5.74) is -5.05. The molecule has 24 heavy (non-hydrogen) atoms. The minimum absolute atomic E-state index is 0.157. The summed E-state index contributed by atoms with van der Waals surface area (Å²) in [7, 11) is 0.872. The molecule has 7 nitrogen and oxygen atoms in total. The number of pyridine rings is 1. The summed E-state index contributed by atoms with van der Waals surface area (Å²) in [6.07, 6.45) is -2.88. The lowest BCUT2D eigenvalue weighted by molar-refractivity contribution is -0.188. The molecule has 0 aromatic carbocycles. The molecule has 0 spiro atoms. The van der Waals surface area contributed by atoms with Crippen LogP contribution in [0.15, 0.2) is 35.8 Å². The highest BCUT2D eigenvalue weighted by Crippen LogP contribution is 2.41. The summed E-state index contributed by atoms with van der Waals surface area (Å²) in [4.78, 5) is 39.7. The van der Waals surface area contributed by atoms with Gasteiger partial charge in [-0.1, -0.05) is 0 Å². The third-order valence-corrected chi connectivity index (χ3v) is 3.45. The van der Waals surface area contributed by atoms with E-state index >= 15 is 0 Å². The van der Waals surface area contributed by atoms with Crippen molar-refractivity contribution in [3.05, 3.63) is 41.4 Å². The normalized spacial score (nSPS) is 20.6. The maximum absolute atomic E-state index is 13.7. The van der Waals surface area contributed by atoms with Crippen LogP contribution in [0.4, 0.5) is 13.2 Å². The third-order valence-electron chi connectivity index (χ3n) is 3.45. The number of aromatic nitrogens is 1. The summed E-state index contributed by atoms with van der Waals surface area (Å²) >= 11 is 0. The predicted molar refractivity (Wildman–Crippen MR) is 73.3 cm³/mol. The van der Waals surface area contributed by atoms with E-state index in [0.717, 1.165) is 14.0 Å². The van der Waals surface area contributed by atoms with Crippen LogP contribution in [0.3, 0.4) is 0 Å². The van der Waals surface area contributed by atoms with Gasteiger partial charge in [0.1, 0.15) is 5.57 Å². The van der Waals surface area contributed by atoms with Crippen molar-refractivity contribution in [3.63, 3.8) is 0 Å². The summed E-state index contributed by atoms with van der Waals surface area (Å²) in [6.45, 7) is 1.11. The number of ether oxygens (including phenoxy) is 1. The van der Waals surface area contributed by atoms with Crippen molar-refractivity contribution in [1.82, 2.24) is 15.6 Å². The second-order valence-electron chi connectivity index (χ2n) is 4.88. The van der Waals surface area contributed by atoms with Gasteiger partial charge in [-0.2, -0.15) is 13.2 Å². The van der Waals surface area contributed by atoms with Crippen LogP contribution >= 0.6 is 0 Å². The minimum Gasteiger partial charge on any atom is -0.466 e. The number of carbonyl (C=O) groups is 3. The van der Waals surface area contributed by atoms with Crippen molar-refractivity contribution in [1.29, 1.82) is 0 Å². The molecular weight excluding hydrogens is 331 g/mol. The number of halogens is 3. The van der Waals surface area contributed by atoms with Gasteiger partial charge in [-0.05, 0) is 19.1 Å². The zero-order valence-corrected chi connectivity index (χ0v) is 12.5. The lowest BCUT2D eigenvalue weighted by Gasteiger charge is -2.31. The monoisotopic (exact) mass is 343 g/mol. The molecule has 1 aromatic heterocycles. The Kier molecular flexibility index (Phi) is 4.32. The molecule has 1 aliphatic rings. The summed E-state index contributed by atoms with van der Waals surface area (Å²) < 4.78 is 45.5. The van der Waals surface area contributed by atoms with Crippen LogP contribution in [0.5, 0.6) is 0 Å². The highest BCUT2D eigenvalue weighted by Gasteiger charge is 2.69. The molecule has 0 saturated heterocycles. The molecule has 2 N–H and O–H groups in total. The van der Waals surface area contributed by atoms with E-state index in [9.17, 15) is 27.6 Å². The molecule has 0 unspecified atom stereocenters. The average Bonchev–Trinajstić information content (AvgIpc) is 2.78. The fourth-order valence-electron chi connectivity index (χ4n) is 2.34. The molecule has 1 aromatic rings. The van der Waals surface area contributed by atoms with Crippen molar-refractivity contribution < 1.29 is 32.3 Å². The molecule has 2 rings (SSSR count). The maximum Gasteiger partial charge on any atom is 0.425 e. The minimum atomic E-state index is -5.28. The highest BCUT2D eigenvalue weighted by molar-refractivity contribution is 6.11. The topological polar surface area (TPSA) is 97.4 Å². The molecule has 128 valence electrons. The highest BCUT2D eigenvalue weighted by atomic mass is 19.4. The fraction of sp³-hybridized carbons (Fsp3) is 0.286. The van der Waals surface area contributed by atoms with E-state index in [1.807, 2.05) is 5.32 Å². The molecule has 10 heteroatoms. The van der Waals surface area contributed by atoms with E-state index in [1.54, 1.807) is 5.32 Å². The number of esters is 1. The van der Waals surface area contributed by atoms with Crippen molar-refractivity contribution in [3.8, 4) is 0 Å². The Morgan fingerprint density at radius 2 is 1.88 bits per heavy atom. The first kappa shape index (κ1) is 17.4. The third kappa shape index (κ3) is 2.59. The second-order valence-corrected chi connectivity index (χ2v) is 4.88. The van der Waals surface area contributed by atoms with Crippen LogP contribution in [0, 0.1) is 0 Å². The van der Waals surface area contributed by atoms with Crippen molar-refractivity contribution in [2.24, 2.45) is 0 Å². The number of hydrogen-bond acceptors (Lipinski definition) is 5. The lowest BCUT2D eigenvalue weighted by atomic mass is 9.89. The van der Waals surface area contributed by atoms with Gasteiger partial charge in [0.15, 0.2) is 0 Å². The number of methoxy groups -OCH3 is 1. The van der Waals surface area contributed by atoms with Gasteiger partial charge in [0.05, 0.1) is 7.11 Å². The van der Waals surface area contributed by atoms with E-state index in [0.29, 0.717) is 0 Å². The Morgan fingerprint density at radius 1 is 1.29 bits per heavy atom. The van der Waals surface area contributed by atoms with Gasteiger partial charge >= 0.3 is 12.1 Å². The molecule has 1 aliphatic heterocycles. The van der Waals surface area contributed by atoms with Gasteiger partial charge in [-0.25, -0.2) is 4.79 Å². The first-order valence-electron chi connectivity index (χ1n) is 6.55. The molecule has 0 radical (unpaired) electrons. The van der Waals surface area contributed by atoms with E-state index in [-0.39, 0.29) is 11.3 Å². The van der Waals surface area contributed by atoms with Gasteiger partial charge in [-0.15, -0.1) is 0 Å². The van der Waals surface area contributed by atoms with Gasteiger partial charge < -0.3 is 15.4 Å². The first-order chi connectivity index (χ1) is 11.1. The van der Waals surface area contributed by atoms with E-state index in [1.165, 1.54) is 24.5 Å². The van der Waals surface area contributed by atoms with Crippen LogP contribution in [-0.2, 0) is 14.3 Å². The summed E-state index contributed by atoms with van der Waals surface area (Å²) in [6, 6.07) is 2.33. The van der Waals surface area contributed by atoms with Crippen molar-refractivity contribution >= 4 is 17.8 Å². The number of hydrogen-bond donors (Lipinski definition) is 2. The summed E-state index contributed by atoms with van der Waals surface area (Å²) in [5, 5.41) is 3.56. The average molecular weight is 343 g/mol. The fourth-order valence-corrected chi connectivity index (χ4v) is 2.34. The second kappa shape index (κ2) is 5.95. The largest absolute Gasteiger partial charge is 0.466 e. The van der Waals surface area contributed by atoms with Gasteiger partial charge in [0, 0.05) is 23.7 Å². The standard InChI is InChI=1S/C14H12F3N3O4/c1-7-9(11(22)24-2)13(12(23)19-7,14(15,16)17)20-10(21)8-3-5-18-6-4-8/h3-6H,1-2H3,(H,19,23)(H,20,21)/t13-/m0/s1. The molecule has 0 fully saturated rings. The zero-order valence-electron chi connectivity index (χ0n) is 12.5. The molecule has 0 aliphatic carbocycles. The van der Waals surface area contributed by atoms with Crippen LogP contribution in [-0.4, -0.2) is 41.6 Å². The molecule has 0 saturated carbocycles. The summed E-state index contributed by atoms with van der Waals surface area (Å²) in [5.74, 6) is -4.16. The quantitative estimate of drug-likeness (QED) is 0.787. The number of rotatable bonds is 3. The van der Waals surface area contributed by atoms with Gasteiger partial charge in [0.25, 0.3) is 11.8 Å². The first-order valence-corrected chi connectivity index (χ1v) is 6.55. The number of carbonyl (C=O) groups excluding carboxylic acids is 3. The van der Waals surface area contributed by atoms with Crippen molar-refractivity contribution in [2.45, 2.75) is 18.6 Å². The Labute approximate surface area is 133 Å². The Morgan fingerprint density at radius 3 is 2.38 bits per heavy atom. The Bertz CT molecular complexity index is 731. The molecular formula is C14H12F3N3O4. The van der Waals surface area contributed by atoms with Gasteiger partial charge in [-0.3, -0.25) is 14.6 Å². The van der Waals surface area contributed by atoms with Crippen LogP contribution in [0.25, 0.3) is 0 Å². The van der Waals surface area contributed by atoms with E-state index < -0.39 is 35.1 Å². The van der Waals surface area contributed by atoms with Crippen LogP contribution in [0.2, 0.25) is 0 Å². The lowest BCUT2D eigenvalue weighted by Crippen LogP contribution is -2.66. The zero-order chi connectivity index (χ0) is 18.1. The van der Waals surface area contributed by atoms with Crippen molar-refractivity contribution in [2.75, 3.05) is 7.11 Å². The molecule has 2 amide bonds. The Balaban J connectivity index is 2.57. The number of nitrogens with zero attached hydrogens (tertiary/aromatic N) is 1. The SMILES string of the molecule is COC(=O)C1=C(C)NC(=O)[C@]1(NC(=O)c1ccncc1)C(F)(F)F. The van der Waals surface area contributed by atoms with Crippen LogP contribution in [0.1, 0.15) is 17.3 Å². The van der Waals surface area contributed by atoms with Gasteiger partial charge in [0.2, 0.25) is 5.54 Å². The number of amides is 2. The molecule has 2 heterocycles. The molecule has 1 atom stereocenters.